The van der Waals surface area contributed by atoms with Gasteiger partial charge in [0, 0.05) is 0 Å². The van der Waals surface area contributed by atoms with Crippen LogP contribution in [0.15, 0.2) is 71.6 Å². The van der Waals surface area contributed by atoms with Gasteiger partial charge < -0.3 is 0 Å². The third-order valence-electron chi connectivity index (χ3n) is 4.43. The number of hydrogen-bond donors (Lipinski definition) is 1. The fourth-order valence-corrected chi connectivity index (χ4v) is 6.40. The smallest absolute Gasteiger partial charge is 0.282 e. The highest BCUT2D eigenvalue weighted by molar-refractivity contribution is 7.86. The summed E-state index contributed by atoms with van der Waals surface area (Å²) in [6, 6.07) is 21.2. The van der Waals surface area contributed by atoms with E-state index in [1.807, 2.05) is 31.2 Å². The molecule has 134 valence electrons. The van der Waals surface area contributed by atoms with Crippen molar-refractivity contribution in [2.75, 3.05) is 0 Å². The van der Waals surface area contributed by atoms with Crippen molar-refractivity contribution in [3.05, 3.63) is 83.4 Å². The molecule has 0 atom stereocenters. The summed E-state index contributed by atoms with van der Waals surface area (Å²) in [5.41, 5.74) is 3.34. The molecule has 0 fully saturated rings. The Kier molecular flexibility index (Phi) is 5.29. The van der Waals surface area contributed by atoms with Gasteiger partial charge in [-0.25, -0.2) is 0 Å². The molecule has 0 aromatic heterocycles. The lowest BCUT2D eigenvalue weighted by atomic mass is 10.2. The van der Waals surface area contributed by atoms with Gasteiger partial charge in [0.2, 0.25) is 0 Å². The molecule has 3 aromatic carbocycles. The molecule has 0 saturated carbocycles. The normalized spacial score (nSPS) is 11.7. The Morgan fingerprint density at radius 2 is 1.15 bits per heavy atom. The summed E-state index contributed by atoms with van der Waals surface area (Å²) in [5.74, 6) is 0. The molecule has 3 aromatic rings. The Morgan fingerprint density at radius 3 is 1.62 bits per heavy atom. The Balaban J connectivity index is 2.33. The van der Waals surface area contributed by atoms with Crippen molar-refractivity contribution in [3.63, 3.8) is 0 Å². The van der Waals surface area contributed by atoms with Gasteiger partial charge in [-0.15, -0.1) is 0 Å². The summed E-state index contributed by atoms with van der Waals surface area (Å²) < 4.78 is 32.9. The Hall–Kier alpha value is -2.00. The monoisotopic (exact) mass is 384 g/mol. The molecule has 0 unspecified atom stereocenters. The lowest BCUT2D eigenvalue weighted by molar-refractivity contribution is 0.483. The second-order valence-electron chi connectivity index (χ2n) is 6.33. The van der Waals surface area contributed by atoms with Gasteiger partial charge >= 0.3 is 0 Å². The zero-order valence-electron chi connectivity index (χ0n) is 15.0. The summed E-state index contributed by atoms with van der Waals surface area (Å²) in [6.45, 7) is 6.13. The van der Waals surface area contributed by atoms with Crippen molar-refractivity contribution in [2.45, 2.75) is 25.7 Å². The largest absolute Gasteiger partial charge is 0.294 e. The average Bonchev–Trinajstić information content (AvgIpc) is 2.59. The molecule has 0 aliphatic carbocycles. The summed E-state index contributed by atoms with van der Waals surface area (Å²) in [7, 11) is -5.20. The average molecular weight is 384 g/mol. The minimum atomic E-state index is -4.25. The van der Waals surface area contributed by atoms with Crippen LogP contribution >= 0.6 is 7.92 Å². The van der Waals surface area contributed by atoms with Crippen LogP contribution in [-0.2, 0) is 10.1 Å². The number of aryl methyl sites for hydroxylation is 3. The zero-order chi connectivity index (χ0) is 18.9. The molecule has 0 radical (unpaired) electrons. The van der Waals surface area contributed by atoms with E-state index < -0.39 is 18.0 Å². The summed E-state index contributed by atoms with van der Waals surface area (Å²) in [4.78, 5) is -0.0623. The Morgan fingerprint density at radius 1 is 0.692 bits per heavy atom. The number of hydrogen-bond acceptors (Lipinski definition) is 2. The van der Waals surface area contributed by atoms with Crippen LogP contribution in [0, 0.1) is 20.8 Å². The van der Waals surface area contributed by atoms with Gasteiger partial charge in [-0.2, -0.15) is 8.42 Å². The van der Waals surface area contributed by atoms with Crippen molar-refractivity contribution in [1.82, 2.24) is 0 Å². The highest BCUT2D eigenvalue weighted by atomic mass is 32.2. The standard InChI is InChI=1S/C21H21O3PS/c1-15-8-4-6-10-19(15)25(20-11-7-5-9-16(20)2)21-14-18(26(22,23)24)13-12-17(21)3/h4-14H,1-3H3,(H,22,23,24). The predicted molar refractivity (Wildman–Crippen MR) is 109 cm³/mol. The first-order valence-corrected chi connectivity index (χ1v) is 11.1. The number of benzene rings is 3. The summed E-state index contributed by atoms with van der Waals surface area (Å²) in [6.07, 6.45) is 0. The lowest BCUT2D eigenvalue weighted by Crippen LogP contribution is -2.26. The molecule has 0 spiro atoms. The van der Waals surface area contributed by atoms with E-state index in [1.54, 1.807) is 12.1 Å². The third kappa shape index (κ3) is 3.73. The van der Waals surface area contributed by atoms with Gasteiger partial charge in [0.1, 0.15) is 0 Å². The molecule has 1 N–H and O–H groups in total. The minimum Gasteiger partial charge on any atom is -0.282 e. The first-order valence-electron chi connectivity index (χ1n) is 8.28. The molecule has 0 saturated heterocycles. The van der Waals surface area contributed by atoms with Gasteiger partial charge in [0.05, 0.1) is 4.90 Å². The maximum absolute atomic E-state index is 11.7. The topological polar surface area (TPSA) is 54.4 Å². The Bertz CT molecular complexity index is 1010. The van der Waals surface area contributed by atoms with E-state index in [0.29, 0.717) is 0 Å². The van der Waals surface area contributed by atoms with Crippen molar-refractivity contribution >= 4 is 34.0 Å². The summed E-state index contributed by atoms with van der Waals surface area (Å²) in [5, 5.41) is 3.32. The fourth-order valence-electron chi connectivity index (χ4n) is 3.01. The quantitative estimate of drug-likeness (QED) is 0.552. The van der Waals surface area contributed by atoms with E-state index in [-0.39, 0.29) is 4.90 Å². The Labute approximate surface area is 156 Å². The highest BCUT2D eigenvalue weighted by Gasteiger charge is 2.23. The van der Waals surface area contributed by atoms with Crippen LogP contribution in [0.4, 0.5) is 0 Å². The molecule has 0 bridgehead atoms. The van der Waals surface area contributed by atoms with Crippen molar-refractivity contribution in [1.29, 1.82) is 0 Å². The van der Waals surface area contributed by atoms with E-state index in [0.717, 1.165) is 10.9 Å². The van der Waals surface area contributed by atoms with Gasteiger partial charge in [-0.1, -0.05) is 54.6 Å². The van der Waals surface area contributed by atoms with E-state index >= 15 is 0 Å². The van der Waals surface area contributed by atoms with Crippen LogP contribution in [-0.4, -0.2) is 13.0 Å². The lowest BCUT2D eigenvalue weighted by Gasteiger charge is -2.24. The first-order chi connectivity index (χ1) is 12.3. The molecular weight excluding hydrogens is 363 g/mol. The van der Waals surface area contributed by atoms with Crippen LogP contribution in [0.25, 0.3) is 0 Å². The molecule has 3 nitrogen and oxygen atoms in total. The molecule has 0 amide bonds. The molecule has 5 heteroatoms. The summed E-state index contributed by atoms with van der Waals surface area (Å²) >= 11 is 0. The molecule has 26 heavy (non-hydrogen) atoms. The van der Waals surface area contributed by atoms with Crippen LogP contribution in [0.5, 0.6) is 0 Å². The van der Waals surface area contributed by atoms with Gasteiger partial charge in [-0.05, 0) is 73.4 Å². The molecule has 0 aliphatic rings. The molecule has 0 aliphatic heterocycles. The maximum Gasteiger partial charge on any atom is 0.294 e. The van der Waals surface area contributed by atoms with Crippen LogP contribution in [0.1, 0.15) is 16.7 Å². The van der Waals surface area contributed by atoms with Crippen LogP contribution in [0.2, 0.25) is 0 Å². The maximum atomic E-state index is 11.7. The second kappa shape index (κ2) is 7.32. The molecule has 3 rings (SSSR count). The number of rotatable bonds is 4. The third-order valence-corrected chi connectivity index (χ3v) is 8.21. The van der Waals surface area contributed by atoms with E-state index in [1.165, 1.54) is 27.8 Å². The van der Waals surface area contributed by atoms with Crippen LogP contribution in [0.3, 0.4) is 0 Å². The fraction of sp³-hybridized carbons (Fsp3) is 0.143. The molecular formula is C21H21O3PS. The van der Waals surface area contributed by atoms with Gasteiger partial charge in [0.15, 0.2) is 0 Å². The van der Waals surface area contributed by atoms with Crippen molar-refractivity contribution in [3.8, 4) is 0 Å². The first kappa shape index (κ1) is 18.8. The van der Waals surface area contributed by atoms with Crippen molar-refractivity contribution < 1.29 is 13.0 Å². The molecule has 0 heterocycles. The predicted octanol–water partition coefficient (Wildman–Crippen LogP) is 3.62. The van der Waals surface area contributed by atoms with Crippen LogP contribution < -0.4 is 15.9 Å². The van der Waals surface area contributed by atoms with Gasteiger partial charge in [0.25, 0.3) is 10.1 Å². The van der Waals surface area contributed by atoms with E-state index in [2.05, 4.69) is 38.1 Å². The SMILES string of the molecule is Cc1ccccc1P(c1ccccc1C)c1cc(S(=O)(=O)O)ccc1C. The van der Waals surface area contributed by atoms with E-state index in [9.17, 15) is 13.0 Å². The second-order valence-corrected chi connectivity index (χ2v) is 9.87. The van der Waals surface area contributed by atoms with Gasteiger partial charge in [-0.3, -0.25) is 4.55 Å². The minimum absolute atomic E-state index is 0.0623. The zero-order valence-corrected chi connectivity index (χ0v) is 16.7. The van der Waals surface area contributed by atoms with Crippen molar-refractivity contribution in [2.24, 2.45) is 0 Å². The van der Waals surface area contributed by atoms with E-state index in [4.69, 9.17) is 0 Å². The highest BCUT2D eigenvalue weighted by Crippen LogP contribution is 2.37.